The maximum atomic E-state index is 13.6. The maximum absolute atomic E-state index is 13.6. The molecule has 6 heteroatoms. The molecule has 0 bridgehead atoms. The molecule has 2 unspecified atom stereocenters. The van der Waals surface area contributed by atoms with Gasteiger partial charge >= 0.3 is 0 Å². The molecule has 2 aromatic carbocycles. The van der Waals surface area contributed by atoms with E-state index < -0.39 is 0 Å². The van der Waals surface area contributed by atoms with E-state index in [9.17, 15) is 9.59 Å². The van der Waals surface area contributed by atoms with Gasteiger partial charge in [0.1, 0.15) is 5.70 Å². The van der Waals surface area contributed by atoms with Crippen molar-refractivity contribution in [1.82, 2.24) is 4.90 Å². The highest BCUT2D eigenvalue weighted by atomic mass is 35.5. The summed E-state index contributed by atoms with van der Waals surface area (Å²) in [4.78, 5) is 30.5. The molecule has 2 aliphatic rings. The van der Waals surface area contributed by atoms with Crippen LogP contribution in [-0.2, 0) is 14.3 Å². The molecule has 4 rings (SSSR count). The molecule has 2 heterocycles. The van der Waals surface area contributed by atoms with Crippen LogP contribution in [-0.4, -0.2) is 42.0 Å². The molecule has 1 saturated heterocycles. The van der Waals surface area contributed by atoms with Crippen molar-refractivity contribution in [2.45, 2.75) is 39.9 Å². The Bertz CT molecular complexity index is 1030. The van der Waals surface area contributed by atoms with Gasteiger partial charge in [-0.1, -0.05) is 35.4 Å². The molecule has 0 saturated carbocycles. The lowest BCUT2D eigenvalue weighted by Crippen LogP contribution is -2.47. The lowest BCUT2D eigenvalue weighted by atomic mass is 9.97. The summed E-state index contributed by atoms with van der Waals surface area (Å²) in [6.07, 6.45) is -0.0665. The first-order valence-corrected chi connectivity index (χ1v) is 10.5. The van der Waals surface area contributed by atoms with Gasteiger partial charge in [-0.05, 0) is 63.1 Å². The van der Waals surface area contributed by atoms with Crippen LogP contribution in [0.1, 0.15) is 30.5 Å². The number of amides is 2. The van der Waals surface area contributed by atoms with Crippen molar-refractivity contribution >= 4 is 34.7 Å². The van der Waals surface area contributed by atoms with E-state index in [2.05, 4.69) is 0 Å². The second-order valence-corrected chi connectivity index (χ2v) is 8.56. The zero-order valence-corrected chi connectivity index (χ0v) is 18.4. The predicted molar refractivity (Wildman–Crippen MR) is 118 cm³/mol. The molecule has 1 fully saturated rings. The Morgan fingerprint density at radius 1 is 0.933 bits per heavy atom. The minimum atomic E-state index is -0.309. The molecule has 2 aliphatic heterocycles. The number of imide groups is 1. The topological polar surface area (TPSA) is 49.9 Å². The molecule has 30 heavy (non-hydrogen) atoms. The summed E-state index contributed by atoms with van der Waals surface area (Å²) < 4.78 is 5.85. The van der Waals surface area contributed by atoms with Gasteiger partial charge in [-0.3, -0.25) is 9.59 Å². The van der Waals surface area contributed by atoms with Crippen molar-refractivity contribution in [2.24, 2.45) is 0 Å². The third-order valence-corrected chi connectivity index (χ3v) is 5.78. The summed E-state index contributed by atoms with van der Waals surface area (Å²) in [5.74, 6) is -0.616. The van der Waals surface area contributed by atoms with Crippen molar-refractivity contribution in [3.8, 4) is 0 Å². The van der Waals surface area contributed by atoms with Crippen LogP contribution in [0.25, 0.3) is 5.57 Å². The van der Waals surface area contributed by atoms with E-state index in [1.807, 2.05) is 50.8 Å². The largest absolute Gasteiger partial charge is 0.372 e. The van der Waals surface area contributed by atoms with Crippen molar-refractivity contribution < 1.29 is 14.3 Å². The van der Waals surface area contributed by atoms with Crippen molar-refractivity contribution in [2.75, 3.05) is 18.0 Å². The van der Waals surface area contributed by atoms with Crippen LogP contribution >= 0.6 is 11.6 Å². The van der Waals surface area contributed by atoms with Crippen LogP contribution < -0.4 is 4.90 Å². The summed E-state index contributed by atoms with van der Waals surface area (Å²) >= 11 is 6.01. The number of rotatable bonds is 3. The fourth-order valence-electron chi connectivity index (χ4n) is 4.33. The van der Waals surface area contributed by atoms with E-state index in [-0.39, 0.29) is 24.0 Å². The highest BCUT2D eigenvalue weighted by molar-refractivity contribution is 6.45. The van der Waals surface area contributed by atoms with E-state index >= 15 is 0 Å². The van der Waals surface area contributed by atoms with Gasteiger partial charge in [0, 0.05) is 18.1 Å². The number of carbonyl (C=O) groups is 2. The molecule has 0 aliphatic carbocycles. The zero-order valence-electron chi connectivity index (χ0n) is 17.6. The van der Waals surface area contributed by atoms with Gasteiger partial charge in [0.2, 0.25) is 0 Å². The van der Waals surface area contributed by atoms with Crippen molar-refractivity contribution in [1.29, 1.82) is 0 Å². The Kier molecular flexibility index (Phi) is 5.43. The summed E-state index contributed by atoms with van der Waals surface area (Å²) in [5.41, 5.74) is 4.28. The third kappa shape index (κ3) is 3.64. The molecular formula is C24H25ClN2O3. The number of aryl methyl sites for hydroxylation is 2. The summed E-state index contributed by atoms with van der Waals surface area (Å²) in [5, 5.41) is 0.552. The van der Waals surface area contributed by atoms with Gasteiger partial charge in [-0.25, -0.2) is 4.90 Å². The highest BCUT2D eigenvalue weighted by Crippen LogP contribution is 2.37. The number of hydrogen-bond donors (Lipinski definition) is 0. The number of halogens is 1. The molecule has 0 N–H and O–H groups in total. The van der Waals surface area contributed by atoms with Crippen molar-refractivity contribution in [3.05, 3.63) is 69.9 Å². The number of benzene rings is 2. The molecule has 2 atom stereocenters. The number of hydrogen-bond acceptors (Lipinski definition) is 4. The Morgan fingerprint density at radius 3 is 2.17 bits per heavy atom. The van der Waals surface area contributed by atoms with E-state index in [0.29, 0.717) is 35.1 Å². The molecular weight excluding hydrogens is 400 g/mol. The maximum Gasteiger partial charge on any atom is 0.282 e. The van der Waals surface area contributed by atoms with E-state index in [0.717, 1.165) is 16.7 Å². The SMILES string of the molecule is Cc1ccc(C2=C(N3CC(C)OC(C)C3)C(=O)N(c3ccc(Cl)cc3)C2=O)c(C)c1. The van der Waals surface area contributed by atoms with E-state index in [1.54, 1.807) is 24.3 Å². The molecule has 156 valence electrons. The van der Waals surface area contributed by atoms with Crippen molar-refractivity contribution in [3.63, 3.8) is 0 Å². The molecule has 0 aromatic heterocycles. The molecule has 0 spiro atoms. The Morgan fingerprint density at radius 2 is 1.57 bits per heavy atom. The first-order valence-electron chi connectivity index (χ1n) is 10.1. The summed E-state index contributed by atoms with van der Waals surface area (Å²) in [6, 6.07) is 12.7. The Hall–Kier alpha value is -2.63. The smallest absolute Gasteiger partial charge is 0.282 e. The number of ether oxygens (including phenoxy) is 1. The van der Waals surface area contributed by atoms with Gasteiger partial charge in [0.05, 0.1) is 23.5 Å². The highest BCUT2D eigenvalue weighted by Gasteiger charge is 2.44. The number of carbonyl (C=O) groups excluding carboxylic acids is 2. The van der Waals surface area contributed by atoms with Gasteiger partial charge in [-0.15, -0.1) is 0 Å². The normalized spacial score (nSPS) is 22.3. The number of morpholine rings is 1. The Labute approximate surface area is 181 Å². The van der Waals surface area contributed by atoms with Crippen LogP contribution in [0, 0.1) is 13.8 Å². The minimum absolute atomic E-state index is 0.0332. The molecule has 2 amide bonds. The first-order chi connectivity index (χ1) is 14.3. The predicted octanol–water partition coefficient (Wildman–Crippen LogP) is 4.35. The summed E-state index contributed by atoms with van der Waals surface area (Å²) in [6.45, 7) is 9.07. The second kappa shape index (κ2) is 7.89. The van der Waals surface area contributed by atoms with Crippen LogP contribution in [0.3, 0.4) is 0 Å². The van der Waals surface area contributed by atoms with Gasteiger partial charge in [-0.2, -0.15) is 0 Å². The first kappa shape index (κ1) is 20.6. The minimum Gasteiger partial charge on any atom is -0.372 e. The average Bonchev–Trinajstić information content (AvgIpc) is 2.92. The van der Waals surface area contributed by atoms with Gasteiger partial charge < -0.3 is 9.64 Å². The summed E-state index contributed by atoms with van der Waals surface area (Å²) in [7, 11) is 0. The zero-order chi connectivity index (χ0) is 21.6. The lowest BCUT2D eigenvalue weighted by molar-refractivity contribution is -0.121. The number of anilines is 1. The average molecular weight is 425 g/mol. The fraction of sp³-hybridized carbons (Fsp3) is 0.333. The lowest BCUT2D eigenvalue weighted by Gasteiger charge is -2.37. The standard InChI is InChI=1S/C24H25ClN2O3/c1-14-5-10-20(15(2)11-14)21-22(26-12-16(3)30-17(4)13-26)24(29)27(23(21)28)19-8-6-18(25)7-9-19/h5-11,16-17H,12-13H2,1-4H3. The van der Waals surface area contributed by atoms with E-state index in [4.69, 9.17) is 16.3 Å². The van der Waals surface area contributed by atoms with Crippen LogP contribution in [0.2, 0.25) is 5.02 Å². The molecule has 2 aromatic rings. The molecule has 5 nitrogen and oxygen atoms in total. The third-order valence-electron chi connectivity index (χ3n) is 5.53. The van der Waals surface area contributed by atoms with Crippen LogP contribution in [0.15, 0.2) is 48.2 Å². The van der Waals surface area contributed by atoms with Crippen LogP contribution in [0.5, 0.6) is 0 Å². The van der Waals surface area contributed by atoms with Gasteiger partial charge in [0.25, 0.3) is 11.8 Å². The fourth-order valence-corrected chi connectivity index (χ4v) is 4.46. The van der Waals surface area contributed by atoms with Gasteiger partial charge in [0.15, 0.2) is 0 Å². The molecule has 0 radical (unpaired) electrons. The second-order valence-electron chi connectivity index (χ2n) is 8.13. The number of nitrogens with zero attached hydrogens (tertiary/aromatic N) is 2. The van der Waals surface area contributed by atoms with Crippen LogP contribution in [0.4, 0.5) is 5.69 Å². The van der Waals surface area contributed by atoms with E-state index in [1.165, 1.54) is 4.90 Å². The quantitative estimate of drug-likeness (QED) is 0.687. The monoisotopic (exact) mass is 424 g/mol. The Balaban J connectivity index is 1.86.